The van der Waals surface area contributed by atoms with Crippen LogP contribution in [0.3, 0.4) is 0 Å². The molecule has 96 valence electrons. The molecule has 0 aliphatic rings. The Morgan fingerprint density at radius 1 is 1.28 bits per heavy atom. The smallest absolute Gasteiger partial charge is 0.127 e. The first kappa shape index (κ1) is 12.6. The topological polar surface area (TPSA) is 53.1 Å². The van der Waals surface area contributed by atoms with Crippen LogP contribution in [-0.2, 0) is 10.3 Å². The first-order valence-electron chi connectivity index (χ1n) is 6.10. The molecular formula is C14H19N3O. The maximum atomic E-state index is 6.01. The van der Waals surface area contributed by atoms with Crippen LogP contribution in [-0.4, -0.2) is 16.4 Å². The Morgan fingerprint density at radius 2 is 1.94 bits per heavy atom. The summed E-state index contributed by atoms with van der Waals surface area (Å²) in [7, 11) is 0. The van der Waals surface area contributed by atoms with Crippen LogP contribution in [0.5, 0.6) is 0 Å². The molecule has 0 aliphatic carbocycles. The molecule has 0 fully saturated rings. The maximum Gasteiger partial charge on any atom is 0.127 e. The van der Waals surface area contributed by atoms with Gasteiger partial charge in [0, 0.05) is 12.7 Å². The number of aromatic nitrogens is 2. The summed E-state index contributed by atoms with van der Waals surface area (Å²) in [5.41, 5.74) is 7.37. The van der Waals surface area contributed by atoms with Gasteiger partial charge in [-0.3, -0.25) is 0 Å². The minimum atomic E-state index is -0.428. The third-order valence-electron chi connectivity index (χ3n) is 2.86. The van der Waals surface area contributed by atoms with Gasteiger partial charge in [0.25, 0.3) is 0 Å². The molecule has 1 aromatic heterocycles. The average molecular weight is 245 g/mol. The van der Waals surface area contributed by atoms with Crippen LogP contribution >= 0.6 is 0 Å². The quantitative estimate of drug-likeness (QED) is 0.901. The van der Waals surface area contributed by atoms with Crippen LogP contribution in [0.4, 0.5) is 5.82 Å². The monoisotopic (exact) mass is 245 g/mol. The zero-order valence-electron chi connectivity index (χ0n) is 11.1. The fourth-order valence-corrected chi connectivity index (χ4v) is 1.90. The van der Waals surface area contributed by atoms with Crippen molar-refractivity contribution in [2.24, 2.45) is 0 Å². The summed E-state index contributed by atoms with van der Waals surface area (Å²) in [6.45, 7) is 6.60. The number of rotatable bonds is 4. The van der Waals surface area contributed by atoms with Crippen molar-refractivity contribution in [3.8, 4) is 5.69 Å². The van der Waals surface area contributed by atoms with Crippen molar-refractivity contribution in [1.29, 1.82) is 0 Å². The largest absolute Gasteiger partial charge is 0.384 e. The SMILES string of the molecule is CCOC(C)(C)c1cc(N)n(-c2ccccc2)n1. The van der Waals surface area contributed by atoms with E-state index in [1.807, 2.05) is 57.2 Å². The van der Waals surface area contributed by atoms with E-state index in [1.165, 1.54) is 0 Å². The van der Waals surface area contributed by atoms with Gasteiger partial charge in [-0.15, -0.1) is 0 Å². The van der Waals surface area contributed by atoms with Gasteiger partial charge in [0.1, 0.15) is 11.4 Å². The Balaban J connectivity index is 2.39. The standard InChI is InChI=1S/C14H19N3O/c1-4-18-14(2,3)12-10-13(15)17(16-12)11-8-6-5-7-9-11/h5-10H,4,15H2,1-3H3. The lowest BCUT2D eigenvalue weighted by atomic mass is 10.1. The fraction of sp³-hybridized carbons (Fsp3) is 0.357. The predicted octanol–water partition coefficient (Wildman–Crippen LogP) is 2.73. The highest BCUT2D eigenvalue weighted by Gasteiger charge is 2.25. The molecule has 0 atom stereocenters. The molecule has 0 radical (unpaired) electrons. The van der Waals surface area contributed by atoms with Crippen LogP contribution in [0.15, 0.2) is 36.4 Å². The molecule has 0 unspecified atom stereocenters. The summed E-state index contributed by atoms with van der Waals surface area (Å²) in [5, 5.41) is 4.54. The maximum absolute atomic E-state index is 6.01. The van der Waals surface area contributed by atoms with Gasteiger partial charge in [-0.2, -0.15) is 5.10 Å². The Bertz CT molecular complexity index is 517. The second-order valence-corrected chi connectivity index (χ2v) is 4.65. The molecule has 1 heterocycles. The molecule has 0 aliphatic heterocycles. The fourth-order valence-electron chi connectivity index (χ4n) is 1.90. The number of nitrogen functional groups attached to an aromatic ring is 1. The van der Waals surface area contributed by atoms with E-state index in [2.05, 4.69) is 5.10 Å². The van der Waals surface area contributed by atoms with Crippen LogP contribution in [0.1, 0.15) is 26.5 Å². The summed E-state index contributed by atoms with van der Waals surface area (Å²) in [5.74, 6) is 0.615. The molecule has 4 heteroatoms. The molecule has 0 bridgehead atoms. The summed E-state index contributed by atoms with van der Waals surface area (Å²) >= 11 is 0. The number of hydrogen-bond donors (Lipinski definition) is 1. The molecule has 0 saturated carbocycles. The summed E-state index contributed by atoms with van der Waals surface area (Å²) in [6.07, 6.45) is 0. The van der Waals surface area contributed by atoms with Crippen molar-refractivity contribution < 1.29 is 4.74 Å². The van der Waals surface area contributed by atoms with Crippen LogP contribution in [0.2, 0.25) is 0 Å². The van der Waals surface area contributed by atoms with Crippen molar-refractivity contribution >= 4 is 5.82 Å². The highest BCUT2D eigenvalue weighted by Crippen LogP contribution is 2.26. The Labute approximate surface area is 107 Å². The first-order valence-corrected chi connectivity index (χ1v) is 6.10. The third-order valence-corrected chi connectivity index (χ3v) is 2.86. The van der Waals surface area contributed by atoms with Crippen molar-refractivity contribution in [3.63, 3.8) is 0 Å². The van der Waals surface area contributed by atoms with Crippen molar-refractivity contribution in [2.45, 2.75) is 26.4 Å². The lowest BCUT2D eigenvalue weighted by Crippen LogP contribution is -2.22. The van der Waals surface area contributed by atoms with E-state index in [9.17, 15) is 0 Å². The molecule has 0 spiro atoms. The van der Waals surface area contributed by atoms with Gasteiger partial charge in [0.2, 0.25) is 0 Å². The van der Waals surface area contributed by atoms with Crippen LogP contribution in [0, 0.1) is 0 Å². The first-order chi connectivity index (χ1) is 8.54. The van der Waals surface area contributed by atoms with E-state index in [1.54, 1.807) is 4.68 Å². The second kappa shape index (κ2) is 4.82. The van der Waals surface area contributed by atoms with Crippen molar-refractivity contribution in [1.82, 2.24) is 9.78 Å². The molecule has 0 amide bonds. The summed E-state index contributed by atoms with van der Waals surface area (Å²) < 4.78 is 7.42. The third kappa shape index (κ3) is 2.38. The van der Waals surface area contributed by atoms with E-state index in [4.69, 9.17) is 10.5 Å². The van der Waals surface area contributed by atoms with Crippen LogP contribution < -0.4 is 5.73 Å². The Kier molecular flexibility index (Phi) is 3.39. The zero-order valence-corrected chi connectivity index (χ0v) is 11.1. The van der Waals surface area contributed by atoms with E-state index in [-0.39, 0.29) is 0 Å². The number of anilines is 1. The van der Waals surface area contributed by atoms with Gasteiger partial charge in [-0.1, -0.05) is 18.2 Å². The molecule has 4 nitrogen and oxygen atoms in total. The molecule has 2 rings (SSSR count). The van der Waals surface area contributed by atoms with Crippen molar-refractivity contribution in [3.05, 3.63) is 42.1 Å². The number of hydrogen-bond acceptors (Lipinski definition) is 3. The highest BCUT2D eigenvalue weighted by atomic mass is 16.5. The van der Waals surface area contributed by atoms with E-state index in [0.717, 1.165) is 11.4 Å². The molecular weight excluding hydrogens is 226 g/mol. The van der Waals surface area contributed by atoms with Gasteiger partial charge in [-0.05, 0) is 32.9 Å². The molecule has 0 saturated heterocycles. The van der Waals surface area contributed by atoms with E-state index in [0.29, 0.717) is 12.4 Å². The van der Waals surface area contributed by atoms with Gasteiger partial charge in [0.05, 0.1) is 11.4 Å². The number of para-hydroxylation sites is 1. The lowest BCUT2D eigenvalue weighted by molar-refractivity contribution is -0.0175. The molecule has 2 N–H and O–H groups in total. The number of nitrogens with two attached hydrogens (primary N) is 1. The normalized spacial score (nSPS) is 11.7. The number of nitrogens with zero attached hydrogens (tertiary/aromatic N) is 2. The van der Waals surface area contributed by atoms with Gasteiger partial charge in [-0.25, -0.2) is 4.68 Å². The molecule has 2 aromatic rings. The van der Waals surface area contributed by atoms with E-state index >= 15 is 0 Å². The summed E-state index contributed by atoms with van der Waals surface area (Å²) in [6, 6.07) is 11.7. The Hall–Kier alpha value is -1.81. The van der Waals surface area contributed by atoms with E-state index < -0.39 is 5.60 Å². The zero-order chi connectivity index (χ0) is 13.2. The lowest BCUT2D eigenvalue weighted by Gasteiger charge is -2.21. The van der Waals surface area contributed by atoms with Gasteiger partial charge in [0.15, 0.2) is 0 Å². The molecule has 18 heavy (non-hydrogen) atoms. The minimum Gasteiger partial charge on any atom is -0.384 e. The van der Waals surface area contributed by atoms with Crippen LogP contribution in [0.25, 0.3) is 5.69 Å². The predicted molar refractivity (Wildman–Crippen MR) is 72.6 cm³/mol. The van der Waals surface area contributed by atoms with Gasteiger partial charge < -0.3 is 10.5 Å². The second-order valence-electron chi connectivity index (χ2n) is 4.65. The molecule has 1 aromatic carbocycles. The number of ether oxygens (including phenoxy) is 1. The van der Waals surface area contributed by atoms with Gasteiger partial charge >= 0.3 is 0 Å². The Morgan fingerprint density at radius 3 is 2.56 bits per heavy atom. The highest BCUT2D eigenvalue weighted by molar-refractivity contribution is 5.43. The number of benzene rings is 1. The minimum absolute atomic E-state index is 0.428. The summed E-state index contributed by atoms with van der Waals surface area (Å²) in [4.78, 5) is 0. The average Bonchev–Trinajstić information content (AvgIpc) is 2.73. The van der Waals surface area contributed by atoms with Crippen molar-refractivity contribution in [2.75, 3.05) is 12.3 Å².